The van der Waals surface area contributed by atoms with Crippen molar-refractivity contribution in [3.8, 4) is 11.5 Å². The summed E-state index contributed by atoms with van der Waals surface area (Å²) in [6.07, 6.45) is 3.13. The minimum absolute atomic E-state index is 0.238. The van der Waals surface area contributed by atoms with Crippen molar-refractivity contribution in [2.24, 2.45) is 0 Å². The minimum atomic E-state index is 0.238. The average molecular weight is 226 g/mol. The summed E-state index contributed by atoms with van der Waals surface area (Å²) in [7, 11) is 0. The zero-order valence-corrected chi connectivity index (χ0v) is 8.50. The maximum atomic E-state index is 5.75. The molecule has 0 aromatic carbocycles. The summed E-state index contributed by atoms with van der Waals surface area (Å²) in [6.45, 7) is 0. The third-order valence-corrected chi connectivity index (χ3v) is 2.26. The highest BCUT2D eigenvalue weighted by molar-refractivity contribution is 6.41. The monoisotopic (exact) mass is 225 g/mol. The fraction of sp³-hybridized carbons (Fsp3) is 0. The van der Waals surface area contributed by atoms with Gasteiger partial charge in [0.15, 0.2) is 11.0 Å². The van der Waals surface area contributed by atoms with Crippen LogP contribution in [0, 0.1) is 0 Å². The maximum Gasteiger partial charge on any atom is 0.179 e. The first-order valence-electron chi connectivity index (χ1n) is 3.87. The number of hydrogen-bond donors (Lipinski definition) is 0. The van der Waals surface area contributed by atoms with Crippen LogP contribution in [0.1, 0.15) is 0 Å². The van der Waals surface area contributed by atoms with E-state index in [2.05, 4.69) is 15.0 Å². The summed E-state index contributed by atoms with van der Waals surface area (Å²) in [4.78, 5) is 12.1. The third-order valence-electron chi connectivity index (χ3n) is 1.60. The number of pyridine rings is 1. The van der Waals surface area contributed by atoms with E-state index in [9.17, 15) is 0 Å². The Kier molecular flexibility index (Phi) is 2.61. The van der Waals surface area contributed by atoms with E-state index in [1.165, 1.54) is 6.20 Å². The van der Waals surface area contributed by atoms with Crippen molar-refractivity contribution in [1.82, 2.24) is 15.0 Å². The van der Waals surface area contributed by atoms with Crippen LogP contribution in [-0.4, -0.2) is 15.0 Å². The Morgan fingerprint density at radius 3 is 2.57 bits per heavy atom. The summed E-state index contributed by atoms with van der Waals surface area (Å²) in [6, 6.07) is 5.48. The molecule has 0 aliphatic carbocycles. The quantitative estimate of drug-likeness (QED) is 0.701. The van der Waals surface area contributed by atoms with Gasteiger partial charge in [-0.25, -0.2) is 9.97 Å². The van der Waals surface area contributed by atoms with Gasteiger partial charge in [0, 0.05) is 6.20 Å². The van der Waals surface area contributed by atoms with Gasteiger partial charge in [0.2, 0.25) is 0 Å². The van der Waals surface area contributed by atoms with Gasteiger partial charge in [0.25, 0.3) is 0 Å². The average Bonchev–Trinajstić information content (AvgIpc) is 2.23. The Hall–Kier alpha value is -1.19. The van der Waals surface area contributed by atoms with Gasteiger partial charge in [-0.05, 0) is 12.1 Å². The van der Waals surface area contributed by atoms with Crippen molar-refractivity contribution in [2.75, 3.05) is 0 Å². The highest BCUT2D eigenvalue weighted by atomic mass is 35.5. The first-order valence-corrected chi connectivity index (χ1v) is 4.62. The fourth-order valence-electron chi connectivity index (χ4n) is 0.965. The van der Waals surface area contributed by atoms with Crippen LogP contribution in [0.5, 0.6) is 0 Å². The summed E-state index contributed by atoms with van der Waals surface area (Å²) in [5.41, 5.74) is 0.672. The van der Waals surface area contributed by atoms with Gasteiger partial charge >= 0.3 is 0 Å². The van der Waals surface area contributed by atoms with E-state index in [0.717, 1.165) is 0 Å². The van der Waals surface area contributed by atoms with Crippen LogP contribution in [0.25, 0.3) is 11.5 Å². The van der Waals surface area contributed by atoms with E-state index in [-0.39, 0.29) is 5.15 Å². The van der Waals surface area contributed by atoms with E-state index < -0.39 is 0 Å². The Balaban J connectivity index is 2.48. The van der Waals surface area contributed by atoms with Gasteiger partial charge in [-0.1, -0.05) is 29.3 Å². The second-order valence-electron chi connectivity index (χ2n) is 2.55. The van der Waals surface area contributed by atoms with Gasteiger partial charge < -0.3 is 0 Å². The summed E-state index contributed by atoms with van der Waals surface area (Å²) < 4.78 is 0. The molecule has 70 valence electrons. The zero-order chi connectivity index (χ0) is 9.97. The van der Waals surface area contributed by atoms with Gasteiger partial charge in [-0.15, -0.1) is 0 Å². The molecular formula is C9H5Cl2N3. The molecule has 14 heavy (non-hydrogen) atoms. The second-order valence-corrected chi connectivity index (χ2v) is 3.31. The Morgan fingerprint density at radius 2 is 1.93 bits per heavy atom. The lowest BCUT2D eigenvalue weighted by molar-refractivity contribution is 1.14. The van der Waals surface area contributed by atoms with Crippen LogP contribution in [0.2, 0.25) is 10.2 Å². The molecule has 5 heteroatoms. The van der Waals surface area contributed by atoms with Crippen LogP contribution in [0.15, 0.2) is 30.6 Å². The van der Waals surface area contributed by atoms with E-state index in [4.69, 9.17) is 23.2 Å². The SMILES string of the molecule is Clc1cnc(-c2ccccn2)nc1Cl. The second kappa shape index (κ2) is 3.90. The molecule has 0 spiro atoms. The van der Waals surface area contributed by atoms with Gasteiger partial charge in [-0.2, -0.15) is 0 Å². The molecule has 2 heterocycles. The lowest BCUT2D eigenvalue weighted by Gasteiger charge is -1.99. The first-order chi connectivity index (χ1) is 6.77. The Morgan fingerprint density at radius 1 is 1.07 bits per heavy atom. The maximum absolute atomic E-state index is 5.75. The van der Waals surface area contributed by atoms with Crippen molar-refractivity contribution in [3.05, 3.63) is 40.8 Å². The lowest BCUT2D eigenvalue weighted by Crippen LogP contribution is -1.91. The lowest BCUT2D eigenvalue weighted by atomic mass is 10.3. The summed E-state index contributed by atoms with van der Waals surface area (Å²) in [5.74, 6) is 0.472. The van der Waals surface area contributed by atoms with Crippen molar-refractivity contribution in [1.29, 1.82) is 0 Å². The molecule has 2 aromatic heterocycles. The molecule has 0 radical (unpaired) electrons. The molecule has 0 amide bonds. The Labute approximate surface area is 90.8 Å². The Bertz CT molecular complexity index is 445. The largest absolute Gasteiger partial charge is 0.253 e. The molecule has 2 rings (SSSR count). The molecule has 0 saturated carbocycles. The molecule has 0 aliphatic heterocycles. The highest BCUT2D eigenvalue weighted by Gasteiger charge is 2.05. The van der Waals surface area contributed by atoms with Crippen LogP contribution < -0.4 is 0 Å². The third kappa shape index (κ3) is 1.84. The molecule has 0 unspecified atom stereocenters. The molecule has 0 bridgehead atoms. The van der Waals surface area contributed by atoms with Crippen molar-refractivity contribution >= 4 is 23.2 Å². The molecule has 0 N–H and O–H groups in total. The topological polar surface area (TPSA) is 38.7 Å². The van der Waals surface area contributed by atoms with Gasteiger partial charge in [0.1, 0.15) is 5.69 Å². The van der Waals surface area contributed by atoms with Crippen LogP contribution >= 0.6 is 23.2 Å². The molecule has 3 nitrogen and oxygen atoms in total. The van der Waals surface area contributed by atoms with Crippen molar-refractivity contribution in [3.63, 3.8) is 0 Å². The van der Waals surface area contributed by atoms with Crippen LogP contribution in [0.4, 0.5) is 0 Å². The molecular weight excluding hydrogens is 221 g/mol. The summed E-state index contributed by atoms with van der Waals surface area (Å²) >= 11 is 11.4. The van der Waals surface area contributed by atoms with Crippen LogP contribution in [-0.2, 0) is 0 Å². The number of halogens is 2. The highest BCUT2D eigenvalue weighted by Crippen LogP contribution is 2.20. The number of nitrogens with zero attached hydrogens (tertiary/aromatic N) is 3. The van der Waals surface area contributed by atoms with E-state index in [0.29, 0.717) is 16.5 Å². The molecule has 2 aromatic rings. The smallest absolute Gasteiger partial charge is 0.179 e. The number of aromatic nitrogens is 3. The van der Waals surface area contributed by atoms with Crippen LogP contribution in [0.3, 0.4) is 0 Å². The van der Waals surface area contributed by atoms with E-state index in [1.54, 1.807) is 12.3 Å². The van der Waals surface area contributed by atoms with E-state index >= 15 is 0 Å². The normalized spacial score (nSPS) is 10.1. The van der Waals surface area contributed by atoms with Gasteiger partial charge in [0.05, 0.1) is 11.2 Å². The number of hydrogen-bond acceptors (Lipinski definition) is 3. The van der Waals surface area contributed by atoms with Crippen molar-refractivity contribution in [2.45, 2.75) is 0 Å². The molecule has 0 saturated heterocycles. The van der Waals surface area contributed by atoms with Gasteiger partial charge in [-0.3, -0.25) is 4.98 Å². The standard InChI is InChI=1S/C9H5Cl2N3/c10-6-5-13-9(14-8(6)11)7-3-1-2-4-12-7/h1-5H. The predicted octanol–water partition coefficient (Wildman–Crippen LogP) is 2.85. The zero-order valence-electron chi connectivity index (χ0n) is 6.98. The minimum Gasteiger partial charge on any atom is -0.253 e. The number of rotatable bonds is 1. The predicted molar refractivity (Wildman–Crippen MR) is 55.3 cm³/mol. The van der Waals surface area contributed by atoms with E-state index in [1.807, 2.05) is 12.1 Å². The van der Waals surface area contributed by atoms with Crippen molar-refractivity contribution < 1.29 is 0 Å². The summed E-state index contributed by atoms with van der Waals surface area (Å²) in [5, 5.41) is 0.577. The molecule has 0 fully saturated rings. The molecule has 0 aliphatic rings. The first kappa shape index (κ1) is 9.37. The molecule has 0 atom stereocenters. The fourth-order valence-corrected chi connectivity index (χ4v) is 1.18.